The number of alkyl halides is 2. The fourth-order valence-electron chi connectivity index (χ4n) is 3.64. The Bertz CT molecular complexity index is 1130. The van der Waals surface area contributed by atoms with Crippen LogP contribution in [-0.4, -0.2) is 56.8 Å². The fourth-order valence-corrected chi connectivity index (χ4v) is 3.64. The van der Waals surface area contributed by atoms with E-state index in [0.29, 0.717) is 41.1 Å². The minimum Gasteiger partial charge on any atom is -0.387 e. The SMILES string of the molecule is CC(C)(O)C(F)CNC(=O)c1cnc(Nc2ccc3nonc3c2)cc1NC1CCCC1F. The molecule has 3 atom stereocenters. The van der Waals surface area contributed by atoms with Gasteiger partial charge in [0.2, 0.25) is 0 Å². The summed E-state index contributed by atoms with van der Waals surface area (Å²) in [6.45, 7) is 2.28. The molecule has 4 N–H and O–H groups in total. The van der Waals surface area contributed by atoms with Gasteiger partial charge >= 0.3 is 0 Å². The van der Waals surface area contributed by atoms with E-state index in [9.17, 15) is 18.7 Å². The maximum absolute atomic E-state index is 14.3. The molecule has 1 amide bonds. The lowest BCUT2D eigenvalue weighted by atomic mass is 10.0. The Hall–Kier alpha value is -3.34. The van der Waals surface area contributed by atoms with Crippen LogP contribution in [0.1, 0.15) is 43.5 Å². The Morgan fingerprint density at radius 2 is 2.06 bits per heavy atom. The molecule has 176 valence electrons. The second kappa shape index (κ2) is 9.26. The van der Waals surface area contributed by atoms with E-state index < -0.39 is 29.9 Å². The van der Waals surface area contributed by atoms with Gasteiger partial charge in [-0.1, -0.05) is 0 Å². The third-order valence-corrected chi connectivity index (χ3v) is 5.66. The number of carbonyl (C=O) groups excluding carboxylic acids is 1. The summed E-state index contributed by atoms with van der Waals surface area (Å²) in [5.74, 6) is -0.162. The average molecular weight is 460 g/mol. The molecule has 0 aliphatic heterocycles. The van der Waals surface area contributed by atoms with Crippen LogP contribution < -0.4 is 16.0 Å². The zero-order chi connectivity index (χ0) is 23.6. The number of nitrogens with one attached hydrogen (secondary N) is 3. The van der Waals surface area contributed by atoms with Crippen molar-refractivity contribution in [3.05, 3.63) is 36.0 Å². The lowest BCUT2D eigenvalue weighted by Crippen LogP contribution is -2.42. The lowest BCUT2D eigenvalue weighted by molar-refractivity contribution is -0.00177. The summed E-state index contributed by atoms with van der Waals surface area (Å²) in [5.41, 5.74) is 0.778. The number of hydrogen-bond acceptors (Lipinski definition) is 8. The Balaban J connectivity index is 1.56. The van der Waals surface area contributed by atoms with Gasteiger partial charge in [0.1, 0.15) is 29.2 Å². The van der Waals surface area contributed by atoms with Crippen LogP contribution in [0.15, 0.2) is 35.1 Å². The molecule has 0 bridgehead atoms. The van der Waals surface area contributed by atoms with Crippen molar-refractivity contribution in [2.45, 2.75) is 57.1 Å². The van der Waals surface area contributed by atoms with Crippen LogP contribution in [0, 0.1) is 0 Å². The summed E-state index contributed by atoms with van der Waals surface area (Å²) in [4.78, 5) is 17.0. The summed E-state index contributed by atoms with van der Waals surface area (Å²) in [5, 5.41) is 26.0. The molecule has 0 radical (unpaired) electrons. The van der Waals surface area contributed by atoms with Crippen LogP contribution >= 0.6 is 0 Å². The molecule has 33 heavy (non-hydrogen) atoms. The van der Waals surface area contributed by atoms with Gasteiger partial charge in [0, 0.05) is 18.0 Å². The number of anilines is 3. The van der Waals surface area contributed by atoms with Gasteiger partial charge < -0.3 is 21.1 Å². The van der Waals surface area contributed by atoms with E-state index in [1.165, 1.54) is 20.0 Å². The van der Waals surface area contributed by atoms with E-state index in [1.807, 2.05) is 0 Å². The van der Waals surface area contributed by atoms with Crippen LogP contribution in [0.2, 0.25) is 0 Å². The van der Waals surface area contributed by atoms with E-state index in [2.05, 4.69) is 31.2 Å². The maximum Gasteiger partial charge on any atom is 0.255 e. The number of fused-ring (bicyclic) bond motifs is 1. The molecular weight excluding hydrogens is 434 g/mol. The Morgan fingerprint density at radius 3 is 2.79 bits per heavy atom. The van der Waals surface area contributed by atoms with Crippen molar-refractivity contribution >= 4 is 34.1 Å². The quantitative estimate of drug-likeness (QED) is 0.403. The minimum absolute atomic E-state index is 0.152. The number of rotatable bonds is 8. The lowest BCUT2D eigenvalue weighted by Gasteiger charge is -2.23. The molecule has 4 rings (SSSR count). The van der Waals surface area contributed by atoms with Crippen molar-refractivity contribution < 1.29 is 23.3 Å². The molecule has 2 aromatic heterocycles. The monoisotopic (exact) mass is 460 g/mol. The zero-order valence-electron chi connectivity index (χ0n) is 18.3. The average Bonchev–Trinajstić information content (AvgIpc) is 3.39. The number of pyridine rings is 1. The predicted molar refractivity (Wildman–Crippen MR) is 119 cm³/mol. The molecule has 0 spiro atoms. The Morgan fingerprint density at radius 1 is 1.27 bits per heavy atom. The van der Waals surface area contributed by atoms with E-state index in [4.69, 9.17) is 4.63 Å². The van der Waals surface area contributed by atoms with Gasteiger partial charge in [0.25, 0.3) is 5.91 Å². The molecular formula is C22H26F2N6O3. The van der Waals surface area contributed by atoms with Gasteiger partial charge in [-0.2, -0.15) is 0 Å². The molecule has 3 unspecified atom stereocenters. The number of halogens is 2. The van der Waals surface area contributed by atoms with Gasteiger partial charge in [-0.3, -0.25) is 4.79 Å². The summed E-state index contributed by atoms with van der Waals surface area (Å²) in [7, 11) is 0. The molecule has 0 saturated heterocycles. The number of carbonyl (C=O) groups is 1. The largest absolute Gasteiger partial charge is 0.387 e. The highest BCUT2D eigenvalue weighted by Crippen LogP contribution is 2.29. The number of aliphatic hydroxyl groups is 1. The van der Waals surface area contributed by atoms with Gasteiger partial charge in [-0.15, -0.1) is 0 Å². The first-order chi connectivity index (χ1) is 15.7. The molecule has 1 aromatic carbocycles. The molecule has 1 fully saturated rings. The smallest absolute Gasteiger partial charge is 0.255 e. The van der Waals surface area contributed by atoms with Gasteiger partial charge in [-0.05, 0) is 61.6 Å². The first-order valence-electron chi connectivity index (χ1n) is 10.8. The second-order valence-corrected chi connectivity index (χ2v) is 8.74. The van der Waals surface area contributed by atoms with Crippen molar-refractivity contribution in [2.75, 3.05) is 17.2 Å². The predicted octanol–water partition coefficient (Wildman–Crippen LogP) is 3.50. The van der Waals surface area contributed by atoms with Gasteiger partial charge in [-0.25, -0.2) is 18.4 Å². The third-order valence-electron chi connectivity index (χ3n) is 5.66. The minimum atomic E-state index is -1.65. The molecule has 1 aliphatic rings. The van der Waals surface area contributed by atoms with Crippen LogP contribution in [0.3, 0.4) is 0 Å². The zero-order valence-corrected chi connectivity index (χ0v) is 18.3. The molecule has 1 saturated carbocycles. The van der Waals surface area contributed by atoms with Crippen LogP contribution in [0.25, 0.3) is 11.0 Å². The van der Waals surface area contributed by atoms with Crippen molar-refractivity contribution in [3.63, 3.8) is 0 Å². The van der Waals surface area contributed by atoms with E-state index in [1.54, 1.807) is 24.3 Å². The van der Waals surface area contributed by atoms with Crippen LogP contribution in [-0.2, 0) is 0 Å². The highest BCUT2D eigenvalue weighted by Gasteiger charge is 2.29. The second-order valence-electron chi connectivity index (χ2n) is 8.74. The molecule has 9 nitrogen and oxygen atoms in total. The van der Waals surface area contributed by atoms with Crippen molar-refractivity contribution in [2.24, 2.45) is 0 Å². The first-order valence-corrected chi connectivity index (χ1v) is 10.8. The summed E-state index contributed by atoms with van der Waals surface area (Å²) < 4.78 is 33.1. The summed E-state index contributed by atoms with van der Waals surface area (Å²) in [6.07, 6.45) is 0.494. The highest BCUT2D eigenvalue weighted by atomic mass is 19.1. The number of hydrogen-bond donors (Lipinski definition) is 4. The highest BCUT2D eigenvalue weighted by molar-refractivity contribution is 6.00. The molecule has 1 aliphatic carbocycles. The topological polar surface area (TPSA) is 125 Å². The number of aromatic nitrogens is 3. The fraction of sp³-hybridized carbons (Fsp3) is 0.455. The van der Waals surface area contributed by atoms with Crippen molar-refractivity contribution in [1.82, 2.24) is 20.6 Å². The number of nitrogens with zero attached hydrogens (tertiary/aromatic N) is 3. The first kappa shape index (κ1) is 22.8. The van der Waals surface area contributed by atoms with Crippen molar-refractivity contribution in [3.8, 4) is 0 Å². The molecule has 3 aromatic rings. The van der Waals surface area contributed by atoms with E-state index in [-0.39, 0.29) is 12.1 Å². The van der Waals surface area contributed by atoms with Crippen LogP contribution in [0.5, 0.6) is 0 Å². The van der Waals surface area contributed by atoms with E-state index in [0.717, 1.165) is 6.42 Å². The Kier molecular flexibility index (Phi) is 6.41. The summed E-state index contributed by atoms with van der Waals surface area (Å²) >= 11 is 0. The number of benzene rings is 1. The van der Waals surface area contributed by atoms with Gasteiger partial charge in [0.05, 0.1) is 29.4 Å². The molecule has 11 heteroatoms. The molecule has 2 heterocycles. The van der Waals surface area contributed by atoms with Crippen molar-refractivity contribution in [1.29, 1.82) is 0 Å². The normalized spacial score (nSPS) is 19.4. The standard InChI is InChI=1S/C22H26F2N6O3/c1-22(2,32)19(24)11-26-21(31)13-10-25-20(9-17(13)28-15-5-3-4-14(15)23)27-12-6-7-16-18(8-12)30-33-29-16/h6-10,14-15,19,32H,3-5,11H2,1-2H3,(H,26,31)(H2,25,27,28). The van der Waals surface area contributed by atoms with Crippen LogP contribution in [0.4, 0.5) is 26.0 Å². The third kappa shape index (κ3) is 5.36. The van der Waals surface area contributed by atoms with Gasteiger partial charge in [0.15, 0.2) is 0 Å². The summed E-state index contributed by atoms with van der Waals surface area (Å²) in [6, 6.07) is 6.41. The maximum atomic E-state index is 14.3. The van der Waals surface area contributed by atoms with E-state index >= 15 is 0 Å². The number of amides is 1. The Labute approximate surface area is 188 Å².